The minimum Gasteiger partial charge on any atom is -0.388 e. The van der Waals surface area contributed by atoms with Crippen LogP contribution in [0.3, 0.4) is 0 Å². The maximum Gasteiger partial charge on any atom is 0.162 e. The molecule has 0 spiro atoms. The zero-order valence-corrected chi connectivity index (χ0v) is 7.52. The van der Waals surface area contributed by atoms with Crippen molar-refractivity contribution in [3.05, 3.63) is 24.3 Å². The van der Waals surface area contributed by atoms with Crippen LogP contribution in [0.4, 0.5) is 0 Å². The van der Waals surface area contributed by atoms with Crippen molar-refractivity contribution in [1.29, 1.82) is 0 Å². The lowest BCUT2D eigenvalue weighted by molar-refractivity contribution is -0.120. The standard InChI is InChI=1S/C11H14O2/c12-9-6-7-10(13)11(9)8-4-2-1-3-5-8/h2,4,6-9,11-12H,1,3,5H2. The molecule has 0 aromatic rings. The molecule has 2 heteroatoms. The van der Waals surface area contributed by atoms with E-state index in [2.05, 4.69) is 12.2 Å². The van der Waals surface area contributed by atoms with E-state index < -0.39 is 6.10 Å². The summed E-state index contributed by atoms with van der Waals surface area (Å²) in [6.45, 7) is 0. The molecular weight excluding hydrogens is 164 g/mol. The summed E-state index contributed by atoms with van der Waals surface area (Å²) >= 11 is 0. The number of aliphatic hydroxyl groups excluding tert-OH is 1. The third-order valence-electron chi connectivity index (χ3n) is 2.91. The third kappa shape index (κ3) is 1.59. The zero-order chi connectivity index (χ0) is 9.26. The fourth-order valence-electron chi connectivity index (χ4n) is 2.19. The summed E-state index contributed by atoms with van der Waals surface area (Å²) in [4.78, 5) is 11.4. The van der Waals surface area contributed by atoms with E-state index in [1.165, 1.54) is 6.08 Å². The van der Waals surface area contributed by atoms with Gasteiger partial charge in [0.05, 0.1) is 12.0 Å². The minimum atomic E-state index is -0.555. The van der Waals surface area contributed by atoms with E-state index in [4.69, 9.17) is 0 Å². The van der Waals surface area contributed by atoms with Gasteiger partial charge in [-0.25, -0.2) is 0 Å². The van der Waals surface area contributed by atoms with Gasteiger partial charge in [0.1, 0.15) is 0 Å². The van der Waals surface area contributed by atoms with Crippen LogP contribution in [0.5, 0.6) is 0 Å². The first-order chi connectivity index (χ1) is 6.29. The van der Waals surface area contributed by atoms with Gasteiger partial charge in [0, 0.05) is 0 Å². The summed E-state index contributed by atoms with van der Waals surface area (Å²) in [5, 5.41) is 9.57. The van der Waals surface area contributed by atoms with Crippen LogP contribution in [0.25, 0.3) is 0 Å². The SMILES string of the molecule is O=C1C=CC(O)C1C1C=CCCC1. The second-order valence-corrected chi connectivity index (χ2v) is 3.80. The molecule has 0 bridgehead atoms. The molecule has 0 radical (unpaired) electrons. The number of carbonyl (C=O) groups excluding carboxylic acids is 1. The summed E-state index contributed by atoms with van der Waals surface area (Å²) < 4.78 is 0. The average molecular weight is 178 g/mol. The van der Waals surface area contributed by atoms with E-state index in [0.29, 0.717) is 0 Å². The molecule has 13 heavy (non-hydrogen) atoms. The number of rotatable bonds is 1. The van der Waals surface area contributed by atoms with Gasteiger partial charge < -0.3 is 5.11 Å². The second kappa shape index (κ2) is 3.46. The number of aliphatic hydroxyl groups is 1. The Morgan fingerprint density at radius 1 is 1.38 bits per heavy atom. The lowest BCUT2D eigenvalue weighted by Gasteiger charge is -2.24. The summed E-state index contributed by atoms with van der Waals surface area (Å²) in [6.07, 6.45) is 10.0. The first-order valence-electron chi connectivity index (χ1n) is 4.86. The predicted molar refractivity (Wildman–Crippen MR) is 50.1 cm³/mol. The van der Waals surface area contributed by atoms with E-state index in [0.717, 1.165) is 19.3 Å². The first kappa shape index (κ1) is 8.70. The molecule has 0 aliphatic heterocycles. The van der Waals surface area contributed by atoms with Crippen molar-refractivity contribution < 1.29 is 9.90 Å². The van der Waals surface area contributed by atoms with E-state index in [1.54, 1.807) is 6.08 Å². The van der Waals surface area contributed by atoms with Crippen molar-refractivity contribution in [2.24, 2.45) is 11.8 Å². The van der Waals surface area contributed by atoms with Crippen molar-refractivity contribution in [2.75, 3.05) is 0 Å². The van der Waals surface area contributed by atoms with Crippen LogP contribution in [-0.2, 0) is 4.79 Å². The Bertz CT molecular complexity index is 265. The van der Waals surface area contributed by atoms with E-state index in [-0.39, 0.29) is 17.6 Å². The molecule has 0 heterocycles. The predicted octanol–water partition coefficient (Wildman–Crippen LogP) is 1.46. The molecule has 2 aliphatic rings. The van der Waals surface area contributed by atoms with Gasteiger partial charge in [-0.05, 0) is 31.3 Å². The molecule has 3 atom stereocenters. The van der Waals surface area contributed by atoms with Crippen LogP contribution >= 0.6 is 0 Å². The van der Waals surface area contributed by atoms with Gasteiger partial charge in [-0.3, -0.25) is 4.79 Å². The van der Waals surface area contributed by atoms with Gasteiger partial charge in [-0.2, -0.15) is 0 Å². The quantitative estimate of drug-likeness (QED) is 0.617. The fraction of sp³-hybridized carbons (Fsp3) is 0.545. The van der Waals surface area contributed by atoms with Gasteiger partial charge in [0.2, 0.25) is 0 Å². The van der Waals surface area contributed by atoms with Crippen LogP contribution < -0.4 is 0 Å². The molecule has 0 amide bonds. The molecule has 0 aromatic carbocycles. The Hall–Kier alpha value is -0.890. The van der Waals surface area contributed by atoms with Crippen LogP contribution in [0.15, 0.2) is 24.3 Å². The van der Waals surface area contributed by atoms with Crippen LogP contribution in [0, 0.1) is 11.8 Å². The second-order valence-electron chi connectivity index (χ2n) is 3.80. The number of allylic oxidation sites excluding steroid dienone is 3. The molecule has 70 valence electrons. The number of carbonyl (C=O) groups is 1. The minimum absolute atomic E-state index is 0.0871. The molecule has 0 aromatic heterocycles. The van der Waals surface area contributed by atoms with Gasteiger partial charge in [-0.15, -0.1) is 0 Å². The number of ketones is 1. The summed E-state index contributed by atoms with van der Waals surface area (Å²) in [7, 11) is 0. The molecule has 0 fully saturated rings. The third-order valence-corrected chi connectivity index (χ3v) is 2.91. The highest BCUT2D eigenvalue weighted by molar-refractivity contribution is 5.95. The van der Waals surface area contributed by atoms with Crippen molar-refractivity contribution in [3.8, 4) is 0 Å². The summed E-state index contributed by atoms with van der Waals surface area (Å²) in [5.41, 5.74) is 0. The lowest BCUT2D eigenvalue weighted by atomic mass is 9.81. The Balaban J connectivity index is 2.11. The van der Waals surface area contributed by atoms with Crippen molar-refractivity contribution in [3.63, 3.8) is 0 Å². The van der Waals surface area contributed by atoms with E-state index in [1.807, 2.05) is 0 Å². The first-order valence-corrected chi connectivity index (χ1v) is 4.86. The van der Waals surface area contributed by atoms with Crippen LogP contribution in [-0.4, -0.2) is 17.0 Å². The summed E-state index contributed by atoms with van der Waals surface area (Å²) in [5.74, 6) is 0.145. The Kier molecular flexibility index (Phi) is 2.32. The van der Waals surface area contributed by atoms with Gasteiger partial charge in [0.15, 0.2) is 5.78 Å². The molecule has 0 saturated heterocycles. The maximum atomic E-state index is 11.4. The lowest BCUT2D eigenvalue weighted by Crippen LogP contribution is -2.28. The Morgan fingerprint density at radius 3 is 2.77 bits per heavy atom. The van der Waals surface area contributed by atoms with Gasteiger partial charge >= 0.3 is 0 Å². The normalized spacial score (nSPS) is 38.5. The van der Waals surface area contributed by atoms with Crippen LogP contribution in [0.2, 0.25) is 0 Å². The molecule has 1 N–H and O–H groups in total. The molecule has 2 aliphatic carbocycles. The zero-order valence-electron chi connectivity index (χ0n) is 7.52. The highest BCUT2D eigenvalue weighted by Crippen LogP contribution is 2.31. The topological polar surface area (TPSA) is 37.3 Å². The molecule has 2 nitrogen and oxygen atoms in total. The molecule has 2 rings (SSSR count). The molecule has 0 saturated carbocycles. The number of hydrogen-bond acceptors (Lipinski definition) is 2. The summed E-state index contributed by atoms with van der Waals surface area (Å²) in [6, 6.07) is 0. The molecule has 3 unspecified atom stereocenters. The van der Waals surface area contributed by atoms with Crippen molar-refractivity contribution in [1.82, 2.24) is 0 Å². The van der Waals surface area contributed by atoms with Gasteiger partial charge in [0.25, 0.3) is 0 Å². The Labute approximate surface area is 78.0 Å². The number of hydrogen-bond donors (Lipinski definition) is 1. The van der Waals surface area contributed by atoms with Gasteiger partial charge in [-0.1, -0.05) is 18.2 Å². The van der Waals surface area contributed by atoms with E-state index in [9.17, 15) is 9.90 Å². The highest BCUT2D eigenvalue weighted by Gasteiger charge is 2.34. The van der Waals surface area contributed by atoms with Crippen LogP contribution in [0.1, 0.15) is 19.3 Å². The largest absolute Gasteiger partial charge is 0.388 e. The smallest absolute Gasteiger partial charge is 0.162 e. The molecular formula is C11H14O2. The highest BCUT2D eigenvalue weighted by atomic mass is 16.3. The monoisotopic (exact) mass is 178 g/mol. The van der Waals surface area contributed by atoms with E-state index >= 15 is 0 Å². The van der Waals surface area contributed by atoms with Crippen molar-refractivity contribution >= 4 is 5.78 Å². The maximum absolute atomic E-state index is 11.4. The van der Waals surface area contributed by atoms with Crippen molar-refractivity contribution in [2.45, 2.75) is 25.4 Å². The average Bonchev–Trinajstić information content (AvgIpc) is 2.48. The fourth-order valence-corrected chi connectivity index (χ4v) is 2.19. The Morgan fingerprint density at radius 2 is 2.23 bits per heavy atom.